The van der Waals surface area contributed by atoms with E-state index in [0.717, 1.165) is 21.3 Å². The molecular weight excluding hydrogens is 372 g/mol. The molecule has 24 heavy (non-hydrogen) atoms. The molecule has 0 aliphatic rings. The number of anilines is 1. The van der Waals surface area contributed by atoms with Crippen LogP contribution in [0.1, 0.15) is 24.1 Å². The average molecular weight is 392 g/mol. The topological polar surface area (TPSA) is 72.0 Å². The van der Waals surface area contributed by atoms with Gasteiger partial charge in [-0.25, -0.2) is 4.79 Å². The number of methoxy groups -OCH3 is 1. The Morgan fingerprint density at radius 3 is 2.54 bits per heavy atom. The molecule has 0 bridgehead atoms. The molecule has 1 unspecified atom stereocenters. The Morgan fingerprint density at radius 1 is 1.21 bits per heavy atom. The molecule has 0 saturated carbocycles. The first-order valence-electron chi connectivity index (χ1n) is 7.53. The zero-order valence-corrected chi connectivity index (χ0v) is 15.2. The summed E-state index contributed by atoms with van der Waals surface area (Å²) >= 11 is 3.48. The highest BCUT2D eigenvalue weighted by Crippen LogP contribution is 2.29. The van der Waals surface area contributed by atoms with Crippen LogP contribution in [0.4, 0.5) is 5.69 Å². The Balaban J connectivity index is 2.44. The lowest BCUT2D eigenvalue weighted by Gasteiger charge is -2.19. The van der Waals surface area contributed by atoms with Crippen molar-refractivity contribution in [2.75, 3.05) is 19.0 Å². The Labute approximate surface area is 149 Å². The van der Waals surface area contributed by atoms with Crippen LogP contribution < -0.4 is 10.6 Å². The molecule has 0 heterocycles. The van der Waals surface area contributed by atoms with Gasteiger partial charge in [0.25, 0.3) is 0 Å². The lowest BCUT2D eigenvalue weighted by atomic mass is 9.97. The highest BCUT2D eigenvalue weighted by atomic mass is 79.9. The van der Waals surface area contributed by atoms with Crippen LogP contribution in [0.2, 0.25) is 0 Å². The summed E-state index contributed by atoms with van der Waals surface area (Å²) in [5.74, 6) is -0.439. The van der Waals surface area contributed by atoms with Gasteiger partial charge in [-0.1, -0.05) is 46.3 Å². The molecule has 0 radical (unpaired) electrons. The number of nitrogens with two attached hydrogens (primary N) is 1. The number of hydrogen-bond donors (Lipinski definition) is 2. The van der Waals surface area contributed by atoms with Crippen LogP contribution >= 0.6 is 15.9 Å². The molecule has 0 aliphatic carbocycles. The molecule has 2 rings (SSSR count). The zero-order valence-electron chi connectivity index (χ0n) is 13.6. The summed E-state index contributed by atoms with van der Waals surface area (Å²) in [6.07, 6.45) is 0. The molecule has 3 N–H and O–H groups in total. The summed E-state index contributed by atoms with van der Waals surface area (Å²) in [6.45, 7) is 1.66. The fraction of sp³-hybridized carbons (Fsp3) is 0.222. The van der Waals surface area contributed by atoms with Crippen molar-refractivity contribution in [1.29, 1.82) is 0 Å². The van der Waals surface area contributed by atoms with Crippen molar-refractivity contribution in [2.45, 2.75) is 13.0 Å². The lowest BCUT2D eigenvalue weighted by molar-refractivity contribution is -0.677. The van der Waals surface area contributed by atoms with E-state index in [9.17, 15) is 9.59 Å². The summed E-state index contributed by atoms with van der Waals surface area (Å²) in [5, 5.41) is 4.75. The van der Waals surface area contributed by atoms with E-state index in [2.05, 4.69) is 21.2 Å². The number of ether oxygens (including phenoxy) is 1. The fourth-order valence-electron chi connectivity index (χ4n) is 2.49. The van der Waals surface area contributed by atoms with E-state index in [4.69, 9.17) is 4.74 Å². The summed E-state index contributed by atoms with van der Waals surface area (Å²) in [6, 6.07) is 15.4. The molecule has 0 aliphatic heterocycles. The second kappa shape index (κ2) is 8.61. The molecule has 1 atom stereocenters. The predicted molar refractivity (Wildman–Crippen MR) is 95.5 cm³/mol. The molecule has 126 valence electrons. The van der Waals surface area contributed by atoms with Crippen LogP contribution in [0.15, 0.2) is 53.0 Å². The molecule has 5 nitrogen and oxygen atoms in total. The maximum atomic E-state index is 11.6. The third-order valence-electron chi connectivity index (χ3n) is 3.57. The Bertz CT molecular complexity index is 719. The number of rotatable bonds is 6. The lowest BCUT2D eigenvalue weighted by Crippen LogP contribution is -2.87. The van der Waals surface area contributed by atoms with Gasteiger partial charge in [-0.2, -0.15) is 0 Å². The fourth-order valence-corrected chi connectivity index (χ4v) is 2.87. The molecule has 6 heteroatoms. The van der Waals surface area contributed by atoms with Crippen molar-refractivity contribution in [3.8, 4) is 0 Å². The van der Waals surface area contributed by atoms with E-state index in [1.807, 2.05) is 53.8 Å². The molecule has 0 fully saturated rings. The van der Waals surface area contributed by atoms with Gasteiger partial charge >= 0.3 is 5.97 Å². The molecule has 2 aromatic carbocycles. The summed E-state index contributed by atoms with van der Waals surface area (Å²) < 4.78 is 5.64. The molecule has 0 spiro atoms. The number of carbonyl (C=O) groups excluding carboxylic acids is 2. The highest BCUT2D eigenvalue weighted by molar-refractivity contribution is 9.10. The summed E-state index contributed by atoms with van der Waals surface area (Å²) in [7, 11) is 1.37. The van der Waals surface area contributed by atoms with Gasteiger partial charge < -0.3 is 15.4 Å². The minimum Gasteiger partial charge on any atom is -0.465 e. The Morgan fingerprint density at radius 2 is 1.92 bits per heavy atom. The maximum Gasteiger partial charge on any atom is 0.361 e. The largest absolute Gasteiger partial charge is 0.465 e. The van der Waals surface area contributed by atoms with Crippen LogP contribution in [0.3, 0.4) is 0 Å². The number of halogens is 1. The number of benzene rings is 2. The number of esters is 1. The first kappa shape index (κ1) is 18.2. The van der Waals surface area contributed by atoms with Gasteiger partial charge in [0.05, 0.1) is 12.8 Å². The summed E-state index contributed by atoms with van der Waals surface area (Å²) in [4.78, 5) is 23.1. The number of amides is 1. The smallest absolute Gasteiger partial charge is 0.361 e. The van der Waals surface area contributed by atoms with Crippen LogP contribution in [0, 0.1) is 0 Å². The monoisotopic (exact) mass is 391 g/mol. The van der Waals surface area contributed by atoms with E-state index < -0.39 is 0 Å². The Kier molecular flexibility index (Phi) is 6.52. The normalized spacial score (nSPS) is 11.6. The molecule has 2 aromatic rings. The van der Waals surface area contributed by atoms with E-state index in [-0.39, 0.29) is 24.5 Å². The van der Waals surface area contributed by atoms with E-state index >= 15 is 0 Å². The van der Waals surface area contributed by atoms with Gasteiger partial charge in [0.15, 0.2) is 6.54 Å². The SMILES string of the molecule is COC(=O)C[NH2+]C(c1ccccc1)c1cc(Br)ccc1NC(C)=O. The van der Waals surface area contributed by atoms with Gasteiger partial charge in [0, 0.05) is 22.5 Å². The number of nitrogens with one attached hydrogen (secondary N) is 1. The maximum absolute atomic E-state index is 11.6. The quantitative estimate of drug-likeness (QED) is 0.741. The van der Waals surface area contributed by atoms with Gasteiger partial charge in [-0.05, 0) is 18.2 Å². The first-order chi connectivity index (χ1) is 11.5. The van der Waals surface area contributed by atoms with Crippen molar-refractivity contribution < 1.29 is 19.6 Å². The van der Waals surface area contributed by atoms with Crippen molar-refractivity contribution in [2.24, 2.45) is 0 Å². The van der Waals surface area contributed by atoms with Crippen molar-refractivity contribution in [3.63, 3.8) is 0 Å². The van der Waals surface area contributed by atoms with Crippen LogP contribution in [-0.2, 0) is 14.3 Å². The predicted octanol–water partition coefficient (Wildman–Crippen LogP) is 2.23. The second-order valence-electron chi connectivity index (χ2n) is 5.32. The van der Waals surface area contributed by atoms with Gasteiger partial charge in [-0.3, -0.25) is 4.79 Å². The van der Waals surface area contributed by atoms with Gasteiger partial charge in [-0.15, -0.1) is 0 Å². The van der Waals surface area contributed by atoms with Crippen molar-refractivity contribution in [3.05, 3.63) is 64.1 Å². The minimum absolute atomic E-state index is 0.140. The minimum atomic E-state index is -0.299. The third-order valence-corrected chi connectivity index (χ3v) is 4.06. The molecule has 1 amide bonds. The van der Waals surface area contributed by atoms with Gasteiger partial charge in [0.2, 0.25) is 5.91 Å². The van der Waals surface area contributed by atoms with Crippen LogP contribution in [0.25, 0.3) is 0 Å². The number of carbonyl (C=O) groups is 2. The van der Waals surface area contributed by atoms with Crippen LogP contribution in [-0.4, -0.2) is 25.5 Å². The molecular formula is C18H20BrN2O3+. The highest BCUT2D eigenvalue weighted by Gasteiger charge is 2.23. The van der Waals surface area contributed by atoms with Gasteiger partial charge in [0.1, 0.15) is 6.04 Å². The van der Waals surface area contributed by atoms with Crippen molar-refractivity contribution >= 4 is 33.5 Å². The van der Waals surface area contributed by atoms with E-state index in [0.29, 0.717) is 0 Å². The van der Waals surface area contributed by atoms with E-state index in [1.54, 1.807) is 0 Å². The standard InChI is InChI=1S/C18H19BrN2O3/c1-12(22)21-16-9-8-14(19)10-15(16)18(20-11-17(23)24-2)13-6-4-3-5-7-13/h3-10,18,20H,11H2,1-2H3,(H,21,22)/p+1. The van der Waals surface area contributed by atoms with Crippen molar-refractivity contribution in [1.82, 2.24) is 0 Å². The number of hydrogen-bond acceptors (Lipinski definition) is 3. The van der Waals surface area contributed by atoms with Crippen LogP contribution in [0.5, 0.6) is 0 Å². The third kappa shape index (κ3) is 4.91. The average Bonchev–Trinajstić information content (AvgIpc) is 2.57. The zero-order chi connectivity index (χ0) is 17.5. The first-order valence-corrected chi connectivity index (χ1v) is 8.32. The van der Waals surface area contributed by atoms with E-state index in [1.165, 1.54) is 14.0 Å². The second-order valence-corrected chi connectivity index (χ2v) is 6.23. The number of quaternary nitrogens is 1. The summed E-state index contributed by atoms with van der Waals surface area (Å²) in [5.41, 5.74) is 2.67. The molecule has 0 saturated heterocycles. The molecule has 0 aromatic heterocycles. The Hall–Kier alpha value is -2.18.